The molecule has 1 aliphatic carbocycles. The lowest BCUT2D eigenvalue weighted by Crippen LogP contribution is -2.52. The van der Waals surface area contributed by atoms with Crippen molar-refractivity contribution in [3.63, 3.8) is 0 Å². The number of rotatable bonds is 8. The topological polar surface area (TPSA) is 60.0 Å². The van der Waals surface area contributed by atoms with E-state index >= 15 is 0 Å². The molecular weight excluding hydrogens is 533 g/mol. The third-order valence-corrected chi connectivity index (χ3v) is 6.83. The highest BCUT2D eigenvalue weighted by atomic mass is 127. The molecule has 0 radical (unpaired) electrons. The van der Waals surface area contributed by atoms with Gasteiger partial charge in [-0.15, -0.1) is 35.7 Å². The molecule has 1 aromatic carbocycles. The highest BCUT2D eigenvalue weighted by Crippen LogP contribution is 2.28. The molecule has 0 unspecified atom stereocenters. The number of hydrogen-bond acceptors (Lipinski definition) is 4. The monoisotopic (exact) mass is 565 g/mol. The van der Waals surface area contributed by atoms with Gasteiger partial charge in [-0.1, -0.05) is 18.0 Å². The zero-order valence-electron chi connectivity index (χ0n) is 17.6. The normalized spacial score (nSPS) is 17.8. The first kappa shape index (κ1) is 25.5. The number of carbonyl (C=O) groups is 1. The molecule has 0 aromatic heterocycles. The van der Waals surface area contributed by atoms with Crippen LogP contribution >= 0.6 is 47.3 Å². The molecule has 6 nitrogen and oxygen atoms in total. The van der Waals surface area contributed by atoms with Gasteiger partial charge < -0.3 is 15.5 Å². The molecular formula is C21H33ClIN5OS. The number of piperazine rings is 1. The van der Waals surface area contributed by atoms with Gasteiger partial charge in [-0.05, 0) is 37.1 Å². The molecule has 1 amide bonds. The zero-order valence-corrected chi connectivity index (χ0v) is 21.5. The molecule has 0 atom stereocenters. The Hall–Kier alpha value is -0.710. The minimum atomic E-state index is 0. The average molecular weight is 566 g/mol. The third-order valence-electron chi connectivity index (χ3n) is 5.56. The fourth-order valence-corrected chi connectivity index (χ4v) is 4.42. The van der Waals surface area contributed by atoms with E-state index in [2.05, 4.69) is 25.4 Å². The Labute approximate surface area is 206 Å². The van der Waals surface area contributed by atoms with Gasteiger partial charge >= 0.3 is 0 Å². The van der Waals surface area contributed by atoms with Gasteiger partial charge in [0.05, 0.1) is 0 Å². The van der Waals surface area contributed by atoms with Crippen molar-refractivity contribution in [2.45, 2.75) is 24.2 Å². The molecule has 168 valence electrons. The molecule has 2 fully saturated rings. The number of amides is 1. The van der Waals surface area contributed by atoms with Gasteiger partial charge in [0.1, 0.15) is 0 Å². The van der Waals surface area contributed by atoms with Crippen LogP contribution in [-0.2, 0) is 4.79 Å². The summed E-state index contributed by atoms with van der Waals surface area (Å²) < 4.78 is 0. The van der Waals surface area contributed by atoms with Gasteiger partial charge in [-0.25, -0.2) is 0 Å². The standard InChI is InChI=1S/C21H32ClN5OS.HI/c1-23-21(25-10-16-29-19-7-5-18(22)6-8-19)24-9-11-26-12-14-27(15-13-26)20(28)17-3-2-4-17;/h5-8,17H,2-4,9-16H2,1H3,(H2,23,24,25);1H. The molecule has 30 heavy (non-hydrogen) atoms. The smallest absolute Gasteiger partial charge is 0.225 e. The van der Waals surface area contributed by atoms with E-state index in [4.69, 9.17) is 11.6 Å². The first-order valence-corrected chi connectivity index (χ1v) is 11.9. The number of halogens is 2. The van der Waals surface area contributed by atoms with Crippen LogP contribution < -0.4 is 10.6 Å². The maximum absolute atomic E-state index is 12.3. The summed E-state index contributed by atoms with van der Waals surface area (Å²) in [5, 5.41) is 7.51. The number of thioether (sulfide) groups is 1. The highest BCUT2D eigenvalue weighted by Gasteiger charge is 2.30. The SMILES string of the molecule is CN=C(NCCSc1ccc(Cl)cc1)NCCN1CCN(C(=O)C2CCC2)CC1.I. The predicted molar refractivity (Wildman–Crippen MR) is 137 cm³/mol. The molecule has 2 aliphatic rings. The molecule has 9 heteroatoms. The van der Waals surface area contributed by atoms with Crippen LogP contribution in [0.3, 0.4) is 0 Å². The summed E-state index contributed by atoms with van der Waals surface area (Å²) in [6.45, 7) is 6.31. The highest BCUT2D eigenvalue weighted by molar-refractivity contribution is 14.0. The van der Waals surface area contributed by atoms with E-state index < -0.39 is 0 Å². The maximum Gasteiger partial charge on any atom is 0.225 e. The van der Waals surface area contributed by atoms with Crippen molar-refractivity contribution in [3.05, 3.63) is 29.3 Å². The van der Waals surface area contributed by atoms with Crippen LogP contribution in [0.15, 0.2) is 34.2 Å². The fourth-order valence-electron chi connectivity index (χ4n) is 3.53. The molecule has 1 aliphatic heterocycles. The average Bonchev–Trinajstić information content (AvgIpc) is 2.70. The largest absolute Gasteiger partial charge is 0.356 e. The van der Waals surface area contributed by atoms with Crippen molar-refractivity contribution in [2.24, 2.45) is 10.9 Å². The van der Waals surface area contributed by atoms with E-state index in [0.29, 0.717) is 11.8 Å². The van der Waals surface area contributed by atoms with E-state index in [-0.39, 0.29) is 24.0 Å². The lowest BCUT2D eigenvalue weighted by molar-refractivity contribution is -0.139. The summed E-state index contributed by atoms with van der Waals surface area (Å²) in [7, 11) is 1.80. The number of nitrogens with zero attached hydrogens (tertiary/aromatic N) is 3. The molecule has 1 saturated heterocycles. The molecule has 2 N–H and O–H groups in total. The van der Waals surface area contributed by atoms with Crippen LogP contribution in [0.5, 0.6) is 0 Å². The van der Waals surface area contributed by atoms with Crippen molar-refractivity contribution in [1.82, 2.24) is 20.4 Å². The fraction of sp³-hybridized carbons (Fsp3) is 0.619. The van der Waals surface area contributed by atoms with Crippen molar-refractivity contribution in [1.29, 1.82) is 0 Å². The minimum Gasteiger partial charge on any atom is -0.356 e. The lowest BCUT2D eigenvalue weighted by atomic mass is 9.84. The van der Waals surface area contributed by atoms with Crippen molar-refractivity contribution < 1.29 is 4.79 Å². The van der Waals surface area contributed by atoms with E-state index in [1.165, 1.54) is 11.3 Å². The Morgan fingerprint density at radius 3 is 2.40 bits per heavy atom. The number of hydrogen-bond donors (Lipinski definition) is 2. The summed E-state index contributed by atoms with van der Waals surface area (Å²) in [6, 6.07) is 7.92. The molecule has 1 aromatic rings. The van der Waals surface area contributed by atoms with Gasteiger partial charge in [-0.2, -0.15) is 0 Å². The Morgan fingerprint density at radius 1 is 1.13 bits per heavy atom. The maximum atomic E-state index is 12.3. The lowest BCUT2D eigenvalue weighted by Gasteiger charge is -2.38. The van der Waals surface area contributed by atoms with Gasteiger partial charge in [0, 0.05) is 74.4 Å². The summed E-state index contributed by atoms with van der Waals surface area (Å²) in [6.07, 6.45) is 3.40. The third kappa shape index (κ3) is 8.09. The van der Waals surface area contributed by atoms with Crippen LogP contribution in [0.25, 0.3) is 0 Å². The van der Waals surface area contributed by atoms with E-state index in [9.17, 15) is 4.79 Å². The van der Waals surface area contributed by atoms with Gasteiger partial charge in [0.25, 0.3) is 0 Å². The van der Waals surface area contributed by atoms with E-state index in [1.54, 1.807) is 18.8 Å². The van der Waals surface area contributed by atoms with Crippen LogP contribution in [0.2, 0.25) is 5.02 Å². The summed E-state index contributed by atoms with van der Waals surface area (Å²) in [4.78, 5) is 22.3. The second-order valence-electron chi connectivity index (χ2n) is 7.52. The summed E-state index contributed by atoms with van der Waals surface area (Å²) >= 11 is 7.71. The molecule has 0 bridgehead atoms. The van der Waals surface area contributed by atoms with Gasteiger partial charge in [0.15, 0.2) is 5.96 Å². The number of carbonyl (C=O) groups excluding carboxylic acids is 1. The Bertz CT molecular complexity index is 678. The second kappa shape index (κ2) is 13.6. The first-order chi connectivity index (χ1) is 14.2. The quantitative estimate of drug-likeness (QED) is 0.167. The van der Waals surface area contributed by atoms with E-state index in [0.717, 1.165) is 75.4 Å². The van der Waals surface area contributed by atoms with Gasteiger partial charge in [0.2, 0.25) is 5.91 Å². The molecule has 1 saturated carbocycles. The van der Waals surface area contributed by atoms with Gasteiger partial charge in [-0.3, -0.25) is 14.7 Å². The van der Waals surface area contributed by atoms with Crippen molar-refractivity contribution >= 4 is 59.2 Å². The number of aliphatic imine (C=N–C) groups is 1. The van der Waals surface area contributed by atoms with Crippen LogP contribution in [0.4, 0.5) is 0 Å². The minimum absolute atomic E-state index is 0. The summed E-state index contributed by atoms with van der Waals surface area (Å²) in [5.74, 6) is 2.49. The predicted octanol–water partition coefficient (Wildman–Crippen LogP) is 3.16. The zero-order chi connectivity index (χ0) is 20.5. The molecule has 3 rings (SSSR count). The molecule has 0 spiro atoms. The summed E-state index contributed by atoms with van der Waals surface area (Å²) in [5.41, 5.74) is 0. The number of guanidine groups is 1. The van der Waals surface area contributed by atoms with Crippen molar-refractivity contribution in [3.8, 4) is 0 Å². The van der Waals surface area contributed by atoms with Crippen LogP contribution in [0, 0.1) is 5.92 Å². The molecule has 1 heterocycles. The number of benzene rings is 1. The first-order valence-electron chi connectivity index (χ1n) is 10.5. The second-order valence-corrected chi connectivity index (χ2v) is 9.13. The van der Waals surface area contributed by atoms with E-state index in [1.807, 2.05) is 24.3 Å². The Balaban J connectivity index is 0.00000320. The Kier molecular flexibility index (Phi) is 11.6. The van der Waals surface area contributed by atoms with Crippen LogP contribution in [0.1, 0.15) is 19.3 Å². The van der Waals surface area contributed by atoms with Crippen molar-refractivity contribution in [2.75, 3.05) is 58.6 Å². The number of nitrogens with one attached hydrogen (secondary N) is 2. The van der Waals surface area contributed by atoms with Crippen LogP contribution in [-0.4, -0.2) is 80.3 Å². The Morgan fingerprint density at radius 2 is 1.80 bits per heavy atom.